The van der Waals surface area contributed by atoms with Crippen molar-refractivity contribution >= 4 is 31.3 Å². The fourth-order valence-corrected chi connectivity index (χ4v) is 7.70. The monoisotopic (exact) mass is 753 g/mol. The van der Waals surface area contributed by atoms with Crippen molar-refractivity contribution in [1.82, 2.24) is 15.4 Å². The quantitative estimate of drug-likeness (QED) is 0.0577. The van der Waals surface area contributed by atoms with Gasteiger partial charge in [-0.1, -0.05) is 87.5 Å². The molecular formula is C46H53N4O4Si. The number of phenols is 1. The van der Waals surface area contributed by atoms with Gasteiger partial charge in [-0.25, -0.2) is 5.06 Å². The van der Waals surface area contributed by atoms with Crippen LogP contribution in [0.15, 0.2) is 126 Å². The molecule has 0 amide bonds. The van der Waals surface area contributed by atoms with Crippen LogP contribution in [0, 0.1) is 5.41 Å². The van der Waals surface area contributed by atoms with E-state index in [1.807, 2.05) is 30.3 Å². The number of hydroxylamine groups is 2. The number of aromatic hydroxyl groups is 1. The average molecular weight is 754 g/mol. The maximum absolute atomic E-state index is 12.1. The van der Waals surface area contributed by atoms with Gasteiger partial charge >= 0.3 is 0 Å². The lowest BCUT2D eigenvalue weighted by atomic mass is 9.75. The summed E-state index contributed by atoms with van der Waals surface area (Å²) in [5.41, 5.74) is 9.01. The normalized spacial score (nSPS) is 12.4. The van der Waals surface area contributed by atoms with Crippen LogP contribution < -0.4 is 20.9 Å². The molecule has 8 nitrogen and oxygen atoms in total. The van der Waals surface area contributed by atoms with E-state index in [2.05, 4.69) is 133 Å². The van der Waals surface area contributed by atoms with Crippen molar-refractivity contribution in [2.75, 3.05) is 25.5 Å². The van der Waals surface area contributed by atoms with Gasteiger partial charge in [-0.15, -0.1) is 0 Å². The molecule has 1 atom stereocenters. The predicted molar refractivity (Wildman–Crippen MR) is 227 cm³/mol. The summed E-state index contributed by atoms with van der Waals surface area (Å²) in [5.74, 6) is 0.971. The largest absolute Gasteiger partial charge is 0.506 e. The zero-order valence-electron chi connectivity index (χ0n) is 32.8. The molecule has 0 unspecified atom stereocenters. The van der Waals surface area contributed by atoms with E-state index in [9.17, 15) is 9.90 Å². The molecule has 9 heteroatoms. The number of hydrogen-bond donors (Lipinski definition) is 4. The van der Waals surface area contributed by atoms with E-state index in [0.717, 1.165) is 65.3 Å². The van der Waals surface area contributed by atoms with Crippen molar-refractivity contribution in [3.05, 3.63) is 154 Å². The Balaban J connectivity index is 1.12. The van der Waals surface area contributed by atoms with Crippen molar-refractivity contribution in [3.8, 4) is 22.6 Å². The SMILES string of the molecule is COc1ccc(Nc2ccc(CCN(C[C@@H](c3ccc(O)c4[nH]c(=O)ccc34)C(C)(C)C)O[Si](C)C)cc2)cc1-c1cccc(CNCc2ccccc2)c1. The van der Waals surface area contributed by atoms with Crippen LogP contribution in [0.4, 0.5) is 11.4 Å². The molecule has 0 fully saturated rings. The Labute approximate surface area is 326 Å². The van der Waals surface area contributed by atoms with E-state index in [4.69, 9.17) is 9.26 Å². The van der Waals surface area contributed by atoms with Crippen LogP contribution in [-0.4, -0.2) is 44.4 Å². The van der Waals surface area contributed by atoms with Gasteiger partial charge in [0.15, 0.2) is 0 Å². The number of fused-ring (bicyclic) bond motifs is 1. The molecule has 0 spiro atoms. The lowest BCUT2D eigenvalue weighted by Gasteiger charge is -2.36. The summed E-state index contributed by atoms with van der Waals surface area (Å²) in [6.07, 6.45) is 0.819. The molecule has 1 radical (unpaired) electrons. The van der Waals surface area contributed by atoms with Crippen molar-refractivity contribution in [2.24, 2.45) is 5.41 Å². The van der Waals surface area contributed by atoms with Crippen molar-refractivity contribution in [1.29, 1.82) is 0 Å². The first-order chi connectivity index (χ1) is 26.5. The number of rotatable bonds is 16. The summed E-state index contributed by atoms with van der Waals surface area (Å²) in [6, 6.07) is 40.9. The molecule has 5 aromatic carbocycles. The van der Waals surface area contributed by atoms with Crippen LogP contribution >= 0.6 is 0 Å². The van der Waals surface area contributed by atoms with E-state index in [1.165, 1.54) is 22.8 Å². The summed E-state index contributed by atoms with van der Waals surface area (Å²) in [5, 5.41) is 20.7. The first-order valence-corrected chi connectivity index (χ1v) is 21.3. The summed E-state index contributed by atoms with van der Waals surface area (Å²) in [6.45, 7) is 14.0. The molecule has 1 heterocycles. The van der Waals surface area contributed by atoms with Gasteiger partial charge < -0.3 is 30.0 Å². The van der Waals surface area contributed by atoms with E-state index >= 15 is 0 Å². The Kier molecular flexibility index (Phi) is 12.9. The number of ether oxygens (including phenoxy) is 1. The summed E-state index contributed by atoms with van der Waals surface area (Å²) < 4.78 is 12.3. The molecule has 55 heavy (non-hydrogen) atoms. The highest BCUT2D eigenvalue weighted by Gasteiger charge is 2.31. The van der Waals surface area contributed by atoms with E-state index in [0.29, 0.717) is 12.1 Å². The van der Waals surface area contributed by atoms with Crippen molar-refractivity contribution < 1.29 is 14.4 Å². The topological polar surface area (TPSA) is 98.9 Å². The number of phenolic OH excluding ortho intramolecular Hbond substituents is 1. The summed E-state index contributed by atoms with van der Waals surface area (Å²) in [4.78, 5) is 14.9. The van der Waals surface area contributed by atoms with E-state index in [1.54, 1.807) is 13.2 Å². The molecule has 6 aromatic rings. The number of aromatic nitrogens is 1. The number of benzene rings is 5. The number of pyridine rings is 1. The molecule has 1 aromatic heterocycles. The van der Waals surface area contributed by atoms with Crippen LogP contribution in [0.1, 0.15) is 48.9 Å². The average Bonchev–Trinajstić information content (AvgIpc) is 3.17. The first-order valence-electron chi connectivity index (χ1n) is 18.9. The molecule has 0 aliphatic heterocycles. The van der Waals surface area contributed by atoms with E-state index < -0.39 is 9.04 Å². The number of nitrogens with one attached hydrogen (secondary N) is 3. The van der Waals surface area contributed by atoms with Crippen molar-refractivity contribution in [3.63, 3.8) is 0 Å². The van der Waals surface area contributed by atoms with Crippen LogP contribution in [0.5, 0.6) is 11.5 Å². The minimum absolute atomic E-state index is 0.0718. The highest BCUT2D eigenvalue weighted by Crippen LogP contribution is 2.40. The maximum atomic E-state index is 12.1. The lowest BCUT2D eigenvalue weighted by molar-refractivity contribution is -0.0728. The Morgan fingerprint density at radius 2 is 1.53 bits per heavy atom. The Hall–Kier alpha value is -5.19. The second-order valence-corrected chi connectivity index (χ2v) is 17.4. The zero-order chi connectivity index (χ0) is 39.0. The lowest BCUT2D eigenvalue weighted by Crippen LogP contribution is -2.38. The van der Waals surface area contributed by atoms with Crippen LogP contribution in [-0.2, 0) is 24.0 Å². The van der Waals surface area contributed by atoms with E-state index in [-0.39, 0.29) is 22.6 Å². The third-order valence-corrected chi connectivity index (χ3v) is 10.5. The van der Waals surface area contributed by atoms with Crippen LogP contribution in [0.3, 0.4) is 0 Å². The third-order valence-electron chi connectivity index (χ3n) is 9.86. The number of anilines is 2. The number of hydrogen-bond acceptors (Lipinski definition) is 7. The Morgan fingerprint density at radius 3 is 2.25 bits per heavy atom. The summed E-state index contributed by atoms with van der Waals surface area (Å²) in [7, 11) is 0.682. The summed E-state index contributed by atoms with van der Waals surface area (Å²) >= 11 is 0. The number of H-pyrrole nitrogens is 1. The highest BCUT2D eigenvalue weighted by atomic mass is 28.3. The van der Waals surface area contributed by atoms with Gasteiger partial charge in [0.25, 0.3) is 0 Å². The van der Waals surface area contributed by atoms with Gasteiger partial charge in [-0.3, -0.25) is 4.79 Å². The minimum Gasteiger partial charge on any atom is -0.506 e. The van der Waals surface area contributed by atoms with Gasteiger partial charge in [0.1, 0.15) is 11.5 Å². The molecule has 0 saturated carbocycles. The molecule has 0 aliphatic rings. The fraction of sp³-hybridized carbons (Fsp3) is 0.283. The predicted octanol–water partition coefficient (Wildman–Crippen LogP) is 9.80. The molecule has 6 rings (SSSR count). The molecule has 285 valence electrons. The van der Waals surface area contributed by atoms with Gasteiger partial charge in [0, 0.05) is 60.5 Å². The van der Waals surface area contributed by atoms with Gasteiger partial charge in [-0.2, -0.15) is 0 Å². The van der Waals surface area contributed by atoms with Crippen molar-refractivity contribution in [2.45, 2.75) is 59.3 Å². The number of nitrogens with zero attached hydrogens (tertiary/aromatic N) is 1. The van der Waals surface area contributed by atoms with Gasteiger partial charge in [0.2, 0.25) is 14.6 Å². The third kappa shape index (κ3) is 10.5. The zero-order valence-corrected chi connectivity index (χ0v) is 33.8. The molecule has 0 aliphatic carbocycles. The Bertz CT molecular complexity index is 2230. The standard InChI is InChI=1S/C46H53N4O4Si/c1-46(2,3)41(38-20-22-42(51)45-39(38)21-24-44(52)49-45)31-50(54-55(5)6)26-25-32-15-17-36(18-16-32)48-37-19-23-43(53-4)40(28-37)35-14-10-13-34(27-35)30-47-29-33-11-8-7-9-12-33/h7-24,27-28,41,47-48,51H,25-26,29-31H2,1-6H3,(H,49,52)/t41-/m0/s1. The van der Waals surface area contributed by atoms with Crippen LogP contribution in [0.25, 0.3) is 22.0 Å². The number of methoxy groups -OCH3 is 1. The van der Waals surface area contributed by atoms with Crippen LogP contribution in [0.2, 0.25) is 13.1 Å². The molecular weight excluding hydrogens is 701 g/mol. The smallest absolute Gasteiger partial charge is 0.248 e. The first kappa shape index (κ1) is 39.5. The second kappa shape index (κ2) is 18.0. The number of aromatic amines is 1. The highest BCUT2D eigenvalue weighted by molar-refractivity contribution is 6.48. The maximum Gasteiger partial charge on any atom is 0.248 e. The second-order valence-electron chi connectivity index (χ2n) is 15.4. The molecule has 4 N–H and O–H groups in total. The van der Waals surface area contributed by atoms with Gasteiger partial charge in [0.05, 0.1) is 12.6 Å². The molecule has 0 saturated heterocycles. The minimum atomic E-state index is -1.03. The fourth-order valence-electron chi connectivity index (χ4n) is 7.02. The van der Waals surface area contributed by atoms with Gasteiger partial charge in [-0.05, 0) is 101 Å². The Morgan fingerprint density at radius 1 is 0.800 bits per heavy atom. The molecule has 0 bridgehead atoms.